The van der Waals surface area contributed by atoms with Crippen molar-refractivity contribution in [1.29, 1.82) is 0 Å². The van der Waals surface area contributed by atoms with Crippen LogP contribution in [0.4, 0.5) is 0 Å². The molecule has 0 amide bonds. The topological polar surface area (TPSA) is 44.8 Å². The van der Waals surface area contributed by atoms with E-state index >= 15 is 0 Å². The first kappa shape index (κ1) is 28.6. The predicted molar refractivity (Wildman–Crippen MR) is 129 cm³/mol. The molecule has 0 N–H and O–H groups in total. The Bertz CT molecular complexity index is 513. The summed E-state index contributed by atoms with van der Waals surface area (Å²) in [5.74, 6) is 0.112. The van der Waals surface area contributed by atoms with Gasteiger partial charge < -0.3 is 13.6 Å². The summed E-state index contributed by atoms with van der Waals surface area (Å²) in [6.07, 6.45) is 4.89. The zero-order valence-electron chi connectivity index (χ0n) is 21.1. The second-order valence-corrected chi connectivity index (χ2v) is 19.9. The minimum atomic E-state index is -1.75. The molecule has 0 aromatic carbocycles. The summed E-state index contributed by atoms with van der Waals surface area (Å²) >= 11 is 0. The van der Waals surface area contributed by atoms with Crippen LogP contribution in [-0.4, -0.2) is 42.9 Å². The highest BCUT2D eigenvalue weighted by molar-refractivity contribution is 6.74. The molecule has 0 aliphatic rings. The Morgan fingerprint density at radius 3 is 1.93 bits per heavy atom. The monoisotopic (exact) mass is 444 g/mol. The van der Waals surface area contributed by atoms with Crippen molar-refractivity contribution in [2.75, 3.05) is 20.3 Å². The largest absolute Gasteiger partial charge is 0.469 e. The Morgan fingerprint density at radius 2 is 1.52 bits per heavy atom. The Kier molecular flexibility index (Phi) is 11.6. The number of rotatable bonds is 13. The number of hydrogen-bond acceptors (Lipinski definition) is 4. The van der Waals surface area contributed by atoms with Gasteiger partial charge in [-0.15, -0.1) is 0 Å². The Morgan fingerprint density at radius 1 is 1.00 bits per heavy atom. The van der Waals surface area contributed by atoms with Gasteiger partial charge in [-0.05, 0) is 55.5 Å². The van der Waals surface area contributed by atoms with E-state index in [1.54, 1.807) is 0 Å². The van der Waals surface area contributed by atoms with Crippen molar-refractivity contribution in [3.63, 3.8) is 0 Å². The third-order valence-corrected chi connectivity index (χ3v) is 16.0. The van der Waals surface area contributed by atoms with Gasteiger partial charge in [0.15, 0.2) is 16.6 Å². The summed E-state index contributed by atoms with van der Waals surface area (Å²) in [4.78, 5) is 12.5. The van der Waals surface area contributed by atoms with Gasteiger partial charge in [0.05, 0.1) is 19.1 Å². The number of esters is 1. The van der Waals surface area contributed by atoms with E-state index in [0.717, 1.165) is 24.7 Å². The number of hydrogen-bond donors (Lipinski definition) is 0. The van der Waals surface area contributed by atoms with Gasteiger partial charge in [0.1, 0.15) is 0 Å². The fourth-order valence-electron chi connectivity index (χ4n) is 2.99. The summed E-state index contributed by atoms with van der Waals surface area (Å²) < 4.78 is 17.9. The lowest BCUT2D eigenvalue weighted by molar-refractivity contribution is -0.153. The molecule has 0 heterocycles. The molecule has 0 saturated carbocycles. The van der Waals surface area contributed by atoms with Crippen LogP contribution in [-0.2, 0) is 18.4 Å². The molecule has 0 bridgehead atoms. The van der Waals surface area contributed by atoms with Gasteiger partial charge in [0.2, 0.25) is 0 Å². The van der Waals surface area contributed by atoms with Gasteiger partial charge >= 0.3 is 5.97 Å². The van der Waals surface area contributed by atoms with Crippen LogP contribution in [0.3, 0.4) is 0 Å². The van der Waals surface area contributed by atoms with Gasteiger partial charge in [-0.1, -0.05) is 60.6 Å². The van der Waals surface area contributed by atoms with E-state index in [4.69, 9.17) is 13.6 Å². The molecule has 6 heteroatoms. The van der Waals surface area contributed by atoms with E-state index < -0.39 is 22.0 Å². The van der Waals surface area contributed by atoms with E-state index in [9.17, 15) is 4.79 Å². The fourth-order valence-corrected chi connectivity index (χ4v) is 6.84. The first-order chi connectivity index (χ1) is 13.2. The SMILES string of the molecule is CC[Si](CC)(CC)OC[C@](C)(C/C=C/[C@H](C)CO[Si](C)(C)C(C)(C)C)C(=O)OC. The first-order valence-corrected chi connectivity index (χ1v) is 16.7. The molecule has 0 aliphatic carbocycles. The van der Waals surface area contributed by atoms with Crippen molar-refractivity contribution in [3.05, 3.63) is 12.2 Å². The quantitative estimate of drug-likeness (QED) is 0.178. The van der Waals surface area contributed by atoms with Gasteiger partial charge in [-0.3, -0.25) is 4.79 Å². The molecule has 4 nitrogen and oxygen atoms in total. The van der Waals surface area contributed by atoms with Crippen molar-refractivity contribution >= 4 is 22.6 Å². The zero-order valence-corrected chi connectivity index (χ0v) is 23.1. The van der Waals surface area contributed by atoms with Crippen molar-refractivity contribution < 1.29 is 18.4 Å². The van der Waals surface area contributed by atoms with Crippen molar-refractivity contribution in [3.8, 4) is 0 Å². The van der Waals surface area contributed by atoms with Crippen LogP contribution < -0.4 is 0 Å². The smallest absolute Gasteiger partial charge is 0.314 e. The number of methoxy groups -OCH3 is 1. The molecule has 0 aromatic rings. The molecule has 0 aromatic heterocycles. The molecule has 2 atom stereocenters. The summed E-state index contributed by atoms with van der Waals surface area (Å²) in [6.45, 7) is 23.2. The Labute approximate surface area is 183 Å². The van der Waals surface area contributed by atoms with Gasteiger partial charge in [0, 0.05) is 6.61 Å². The predicted octanol–water partition coefficient (Wildman–Crippen LogP) is 6.79. The highest BCUT2D eigenvalue weighted by Gasteiger charge is 2.39. The number of carbonyl (C=O) groups is 1. The minimum Gasteiger partial charge on any atom is -0.469 e. The van der Waals surface area contributed by atoms with Crippen LogP contribution in [0.2, 0.25) is 36.3 Å². The molecular formula is C23H48O4Si2. The normalized spacial score (nSPS) is 16.7. The zero-order chi connectivity index (χ0) is 22.9. The van der Waals surface area contributed by atoms with Gasteiger partial charge in [-0.2, -0.15) is 0 Å². The van der Waals surface area contributed by atoms with Crippen LogP contribution in [0.25, 0.3) is 0 Å². The molecule has 0 rings (SSSR count). The van der Waals surface area contributed by atoms with Gasteiger partial charge in [0.25, 0.3) is 0 Å². The molecule has 29 heavy (non-hydrogen) atoms. The number of allylic oxidation sites excluding steroid dienone is 1. The first-order valence-electron chi connectivity index (χ1n) is 11.3. The summed E-state index contributed by atoms with van der Waals surface area (Å²) in [6, 6.07) is 3.23. The summed E-state index contributed by atoms with van der Waals surface area (Å²) in [5.41, 5.74) is -0.650. The lowest BCUT2D eigenvalue weighted by Crippen LogP contribution is -2.42. The molecule has 0 aliphatic heterocycles. The van der Waals surface area contributed by atoms with E-state index in [1.807, 2.05) is 6.92 Å². The molecule has 0 saturated heterocycles. The summed E-state index contributed by atoms with van der Waals surface area (Å²) in [5, 5.41) is 0.214. The Hall–Kier alpha value is -0.436. The highest BCUT2D eigenvalue weighted by atomic mass is 28.4. The second-order valence-electron chi connectivity index (χ2n) is 10.3. The maximum absolute atomic E-state index is 12.5. The minimum absolute atomic E-state index is 0.196. The number of carbonyl (C=O) groups excluding carboxylic acids is 1. The third kappa shape index (κ3) is 8.68. The summed E-state index contributed by atoms with van der Waals surface area (Å²) in [7, 11) is -2.02. The van der Waals surface area contributed by atoms with Crippen LogP contribution in [0.1, 0.15) is 61.8 Å². The molecule has 0 fully saturated rings. The standard InChI is InChI=1S/C23H48O4Si2/c1-12-29(13-2,14-3)27-19-23(8,21(24)25-9)17-15-16-20(4)18-26-28(10,11)22(5,6)7/h15-16,20H,12-14,17-19H2,1-11H3/b16-15+/t20-,23-/m0/s1. The molecular weight excluding hydrogens is 396 g/mol. The van der Waals surface area contributed by atoms with Crippen molar-refractivity contribution in [2.24, 2.45) is 11.3 Å². The lowest BCUT2D eigenvalue weighted by Gasteiger charge is -2.36. The maximum Gasteiger partial charge on any atom is 0.314 e. The number of ether oxygens (including phenoxy) is 1. The fraction of sp³-hybridized carbons (Fsp3) is 0.870. The molecule has 172 valence electrons. The molecule has 0 radical (unpaired) electrons. The highest BCUT2D eigenvalue weighted by Crippen LogP contribution is 2.37. The van der Waals surface area contributed by atoms with Crippen LogP contribution in [0, 0.1) is 11.3 Å². The van der Waals surface area contributed by atoms with E-state index in [-0.39, 0.29) is 11.0 Å². The maximum atomic E-state index is 12.5. The van der Waals surface area contributed by atoms with E-state index in [1.165, 1.54) is 7.11 Å². The average Bonchev–Trinajstić information content (AvgIpc) is 2.66. The van der Waals surface area contributed by atoms with Crippen molar-refractivity contribution in [2.45, 2.75) is 98.1 Å². The lowest BCUT2D eigenvalue weighted by atomic mass is 9.87. The van der Waals surface area contributed by atoms with E-state index in [0.29, 0.717) is 18.9 Å². The molecule has 0 unspecified atom stereocenters. The molecule has 0 spiro atoms. The van der Waals surface area contributed by atoms with Crippen LogP contribution in [0.5, 0.6) is 0 Å². The third-order valence-electron chi connectivity index (χ3n) is 6.85. The van der Waals surface area contributed by atoms with Crippen LogP contribution >= 0.6 is 0 Å². The van der Waals surface area contributed by atoms with Crippen LogP contribution in [0.15, 0.2) is 12.2 Å². The van der Waals surface area contributed by atoms with Crippen molar-refractivity contribution in [1.82, 2.24) is 0 Å². The van der Waals surface area contributed by atoms with E-state index in [2.05, 4.69) is 73.7 Å². The Balaban J connectivity index is 5.01. The average molecular weight is 445 g/mol. The second kappa shape index (κ2) is 11.8. The van der Waals surface area contributed by atoms with Gasteiger partial charge in [-0.25, -0.2) is 0 Å².